The zero-order chi connectivity index (χ0) is 10.9. The molecule has 82 valence electrons. The predicted octanol–water partition coefficient (Wildman–Crippen LogP) is 2.01. The minimum atomic E-state index is -0.134. The Balaban J connectivity index is 2.31. The maximum Gasteiger partial charge on any atom is 0.136 e. The van der Waals surface area contributed by atoms with Crippen LogP contribution < -0.4 is 0 Å². The maximum absolute atomic E-state index is 9.44. The largest absolute Gasteiger partial charge is 0.395 e. The Morgan fingerprint density at radius 3 is 2.67 bits per heavy atom. The van der Waals surface area contributed by atoms with E-state index in [1.165, 1.54) is 6.42 Å². The molecule has 1 heterocycles. The van der Waals surface area contributed by atoms with E-state index in [9.17, 15) is 5.11 Å². The van der Waals surface area contributed by atoms with Gasteiger partial charge in [0, 0.05) is 11.9 Å². The van der Waals surface area contributed by atoms with Gasteiger partial charge in [0.05, 0.1) is 12.0 Å². The summed E-state index contributed by atoms with van der Waals surface area (Å²) in [5, 5.41) is 9.44. The van der Waals surface area contributed by atoms with Gasteiger partial charge < -0.3 is 5.11 Å². The van der Waals surface area contributed by atoms with Gasteiger partial charge in [0.15, 0.2) is 0 Å². The molecule has 1 fully saturated rings. The second kappa shape index (κ2) is 3.89. The smallest absolute Gasteiger partial charge is 0.136 e. The fourth-order valence-electron chi connectivity index (χ4n) is 2.01. The van der Waals surface area contributed by atoms with E-state index in [1.54, 1.807) is 0 Å². The average Bonchev–Trinajstić information content (AvgIpc) is 2.17. The van der Waals surface area contributed by atoms with Crippen molar-refractivity contribution in [3.05, 3.63) is 23.8 Å². The molecule has 1 aromatic rings. The first-order valence-electron chi connectivity index (χ1n) is 5.62. The molecule has 1 aromatic heterocycles. The van der Waals surface area contributed by atoms with Gasteiger partial charge in [-0.15, -0.1) is 0 Å². The summed E-state index contributed by atoms with van der Waals surface area (Å²) in [5.74, 6) is 1.25. The van der Waals surface area contributed by atoms with Crippen LogP contribution in [0.3, 0.4) is 0 Å². The Morgan fingerprint density at radius 1 is 1.47 bits per heavy atom. The Hall–Kier alpha value is -0.960. The maximum atomic E-state index is 9.44. The monoisotopic (exact) mass is 206 g/mol. The summed E-state index contributed by atoms with van der Waals surface area (Å²) >= 11 is 0. The molecule has 0 atom stereocenters. The van der Waals surface area contributed by atoms with Crippen LogP contribution in [0.1, 0.15) is 50.5 Å². The highest BCUT2D eigenvalue weighted by Gasteiger charge is 2.40. The van der Waals surface area contributed by atoms with Crippen molar-refractivity contribution in [2.45, 2.75) is 44.4 Å². The zero-order valence-corrected chi connectivity index (χ0v) is 9.40. The molecule has 1 aliphatic carbocycles. The summed E-state index contributed by atoms with van der Waals surface area (Å²) < 4.78 is 0. The first-order chi connectivity index (χ1) is 7.18. The van der Waals surface area contributed by atoms with Gasteiger partial charge in [-0.2, -0.15) is 0 Å². The topological polar surface area (TPSA) is 46.0 Å². The van der Waals surface area contributed by atoms with Gasteiger partial charge >= 0.3 is 0 Å². The number of aliphatic hydroxyl groups excluding tert-OH is 1. The number of rotatable bonds is 3. The molecule has 15 heavy (non-hydrogen) atoms. The lowest BCUT2D eigenvalue weighted by Crippen LogP contribution is -2.39. The molecule has 0 aliphatic heterocycles. The van der Waals surface area contributed by atoms with Gasteiger partial charge in [-0.3, -0.25) is 0 Å². The van der Waals surface area contributed by atoms with Gasteiger partial charge in [-0.25, -0.2) is 9.97 Å². The van der Waals surface area contributed by atoms with Crippen LogP contribution in [-0.4, -0.2) is 21.7 Å². The number of aliphatic hydroxyl groups is 1. The predicted molar refractivity (Wildman–Crippen MR) is 58.7 cm³/mol. The molecule has 3 nitrogen and oxygen atoms in total. The van der Waals surface area contributed by atoms with Crippen molar-refractivity contribution in [1.29, 1.82) is 0 Å². The van der Waals surface area contributed by atoms with E-state index in [0.29, 0.717) is 5.92 Å². The standard InChI is InChI=1S/C12H18N2O/c1-9(2)10-4-7-13-11(14-10)12(8-15)5-3-6-12/h4,7,9,15H,3,5-6,8H2,1-2H3. The van der Waals surface area contributed by atoms with Crippen molar-refractivity contribution in [1.82, 2.24) is 9.97 Å². The number of hydrogen-bond donors (Lipinski definition) is 1. The Morgan fingerprint density at radius 2 is 2.20 bits per heavy atom. The second-order valence-corrected chi connectivity index (χ2v) is 4.75. The van der Waals surface area contributed by atoms with E-state index >= 15 is 0 Å². The molecular weight excluding hydrogens is 188 g/mol. The molecule has 0 unspecified atom stereocenters. The van der Waals surface area contributed by atoms with Crippen molar-refractivity contribution >= 4 is 0 Å². The van der Waals surface area contributed by atoms with E-state index in [0.717, 1.165) is 24.4 Å². The third-order valence-electron chi connectivity index (χ3n) is 3.36. The van der Waals surface area contributed by atoms with Gasteiger partial charge in [0.1, 0.15) is 5.82 Å². The lowest BCUT2D eigenvalue weighted by Gasteiger charge is -2.38. The Kier molecular flexibility index (Phi) is 2.74. The van der Waals surface area contributed by atoms with Crippen LogP contribution in [0.25, 0.3) is 0 Å². The van der Waals surface area contributed by atoms with Crippen molar-refractivity contribution in [2.24, 2.45) is 0 Å². The van der Waals surface area contributed by atoms with Crippen molar-refractivity contribution < 1.29 is 5.11 Å². The summed E-state index contributed by atoms with van der Waals surface area (Å²) in [6.07, 6.45) is 5.03. The first kappa shape index (κ1) is 10.6. The first-order valence-corrected chi connectivity index (χ1v) is 5.62. The molecule has 2 rings (SSSR count). The molecule has 0 aromatic carbocycles. The van der Waals surface area contributed by atoms with Gasteiger partial charge in [0.25, 0.3) is 0 Å². The van der Waals surface area contributed by atoms with Gasteiger partial charge in [-0.05, 0) is 24.8 Å². The fraction of sp³-hybridized carbons (Fsp3) is 0.667. The van der Waals surface area contributed by atoms with Crippen LogP contribution in [0, 0.1) is 0 Å². The summed E-state index contributed by atoms with van der Waals surface area (Å²) in [7, 11) is 0. The highest BCUT2D eigenvalue weighted by atomic mass is 16.3. The average molecular weight is 206 g/mol. The number of nitrogens with zero attached hydrogens (tertiary/aromatic N) is 2. The minimum absolute atomic E-state index is 0.134. The molecule has 0 bridgehead atoms. The zero-order valence-electron chi connectivity index (χ0n) is 9.40. The molecule has 1 saturated carbocycles. The Labute approximate surface area is 90.6 Å². The third-order valence-corrected chi connectivity index (χ3v) is 3.36. The van der Waals surface area contributed by atoms with E-state index in [-0.39, 0.29) is 12.0 Å². The molecule has 0 amide bonds. The second-order valence-electron chi connectivity index (χ2n) is 4.75. The molecule has 1 aliphatic rings. The summed E-state index contributed by atoms with van der Waals surface area (Å²) in [6.45, 7) is 4.42. The van der Waals surface area contributed by atoms with Crippen molar-refractivity contribution in [2.75, 3.05) is 6.61 Å². The van der Waals surface area contributed by atoms with Crippen molar-refractivity contribution in [3.8, 4) is 0 Å². The summed E-state index contributed by atoms with van der Waals surface area (Å²) in [4.78, 5) is 8.88. The quantitative estimate of drug-likeness (QED) is 0.823. The minimum Gasteiger partial charge on any atom is -0.395 e. The number of aromatic nitrogens is 2. The van der Waals surface area contributed by atoms with E-state index in [1.807, 2.05) is 12.3 Å². The summed E-state index contributed by atoms with van der Waals surface area (Å²) in [6, 6.07) is 1.96. The highest BCUT2D eigenvalue weighted by molar-refractivity contribution is 5.17. The lowest BCUT2D eigenvalue weighted by molar-refractivity contribution is 0.112. The molecule has 0 spiro atoms. The molecular formula is C12H18N2O. The van der Waals surface area contributed by atoms with E-state index in [4.69, 9.17) is 0 Å². The van der Waals surface area contributed by atoms with Crippen LogP contribution in [0.15, 0.2) is 12.3 Å². The fourth-order valence-corrected chi connectivity index (χ4v) is 2.01. The van der Waals surface area contributed by atoms with Crippen LogP contribution in [-0.2, 0) is 5.41 Å². The normalized spacial score (nSPS) is 18.9. The van der Waals surface area contributed by atoms with Crippen LogP contribution >= 0.6 is 0 Å². The molecule has 0 radical (unpaired) electrons. The van der Waals surface area contributed by atoms with Gasteiger partial charge in [0.2, 0.25) is 0 Å². The van der Waals surface area contributed by atoms with Gasteiger partial charge in [-0.1, -0.05) is 20.3 Å². The highest BCUT2D eigenvalue weighted by Crippen LogP contribution is 2.41. The number of hydrogen-bond acceptors (Lipinski definition) is 3. The Bertz CT molecular complexity index is 340. The SMILES string of the molecule is CC(C)c1ccnc(C2(CO)CCC2)n1. The van der Waals surface area contributed by atoms with Crippen LogP contribution in [0.5, 0.6) is 0 Å². The van der Waals surface area contributed by atoms with Crippen LogP contribution in [0.2, 0.25) is 0 Å². The summed E-state index contributed by atoms with van der Waals surface area (Å²) in [5.41, 5.74) is 0.935. The lowest BCUT2D eigenvalue weighted by atomic mass is 9.68. The molecule has 1 N–H and O–H groups in total. The molecule has 3 heteroatoms. The van der Waals surface area contributed by atoms with E-state index < -0.39 is 0 Å². The molecule has 0 saturated heterocycles. The van der Waals surface area contributed by atoms with Crippen molar-refractivity contribution in [3.63, 3.8) is 0 Å². The van der Waals surface area contributed by atoms with Crippen LogP contribution in [0.4, 0.5) is 0 Å². The third kappa shape index (κ3) is 1.76. The van der Waals surface area contributed by atoms with E-state index in [2.05, 4.69) is 23.8 Å².